The van der Waals surface area contributed by atoms with E-state index in [0.717, 1.165) is 23.2 Å². The van der Waals surface area contributed by atoms with E-state index in [1.807, 2.05) is 0 Å². The Morgan fingerprint density at radius 1 is 1.00 bits per heavy atom. The molecule has 0 radical (unpaired) electrons. The number of imidazole rings is 1. The molecular weight excluding hydrogens is 912 g/mol. The summed E-state index contributed by atoms with van der Waals surface area (Å²) in [6.45, 7) is 2.44. The fraction of sp³-hybridized carbons (Fsp3) is 0.350. The van der Waals surface area contributed by atoms with Crippen LogP contribution in [0.1, 0.15) is 49.4 Å². The van der Waals surface area contributed by atoms with E-state index in [1.165, 1.54) is 61.7 Å². The lowest BCUT2D eigenvalue weighted by Crippen LogP contribution is -2.30. The average molecular weight is 956 g/mol. The molecule has 24 heteroatoms. The van der Waals surface area contributed by atoms with Gasteiger partial charge in [0.25, 0.3) is 21.6 Å². The number of aliphatic hydroxyl groups excluding tert-OH is 1. The van der Waals surface area contributed by atoms with Gasteiger partial charge in [0, 0.05) is 44.0 Å². The first-order chi connectivity index (χ1) is 30.2. The molecule has 0 spiro atoms. The number of nitro benzene ring substituents is 1. The number of non-ortho nitro benzene ring substituents is 1. The Hall–Kier alpha value is -5.98. The van der Waals surface area contributed by atoms with Crippen molar-refractivity contribution in [1.29, 1.82) is 0 Å². The van der Waals surface area contributed by atoms with E-state index in [1.54, 1.807) is 26.0 Å². The lowest BCUT2D eigenvalue weighted by molar-refractivity contribution is -0.385. The number of hydrogen-bond donors (Lipinski definition) is 2. The summed E-state index contributed by atoms with van der Waals surface area (Å²) in [6.07, 6.45) is -3.42. The van der Waals surface area contributed by atoms with Crippen LogP contribution in [-0.4, -0.2) is 102 Å². The normalized spacial score (nSPS) is 12.3. The van der Waals surface area contributed by atoms with Crippen molar-refractivity contribution in [2.24, 2.45) is 0 Å². The zero-order valence-electron chi connectivity index (χ0n) is 34.7. The Balaban J connectivity index is 0.00000442. The largest absolute Gasteiger partial charge is 0.484 e. The molecule has 0 saturated carbocycles. The summed E-state index contributed by atoms with van der Waals surface area (Å²) >= 11 is 0. The second-order valence-electron chi connectivity index (χ2n) is 13.8. The molecule has 18 nitrogen and oxygen atoms in total. The molecule has 1 amide bonds. The van der Waals surface area contributed by atoms with E-state index in [4.69, 9.17) is 19.3 Å². The summed E-state index contributed by atoms with van der Waals surface area (Å²) in [4.78, 5) is 43.0. The monoisotopic (exact) mass is 955 g/mol. The number of nitrogens with zero attached hydrogens (tertiary/aromatic N) is 4. The first-order valence-electron chi connectivity index (χ1n) is 19.0. The van der Waals surface area contributed by atoms with Gasteiger partial charge in [-0.15, -0.1) is 0 Å². The van der Waals surface area contributed by atoms with Crippen molar-refractivity contribution in [2.75, 3.05) is 39.2 Å². The number of esters is 1. The Labute approximate surface area is 368 Å². The molecule has 3 aromatic carbocycles. The summed E-state index contributed by atoms with van der Waals surface area (Å²) in [5, 5.41) is 20.2. The summed E-state index contributed by atoms with van der Waals surface area (Å²) in [5.41, 5.74) is 0.526. The van der Waals surface area contributed by atoms with Gasteiger partial charge < -0.3 is 24.6 Å². The van der Waals surface area contributed by atoms with Crippen LogP contribution in [0.4, 0.5) is 18.9 Å². The molecule has 64 heavy (non-hydrogen) atoms. The number of nitrogens with one attached hydrogen (secondary N) is 1. The maximum absolute atomic E-state index is 14.5. The molecule has 2 N–H and O–H groups in total. The van der Waals surface area contributed by atoms with Crippen LogP contribution in [0, 0.1) is 17.0 Å². The Morgan fingerprint density at radius 2 is 1.72 bits per heavy atom. The number of amides is 1. The third kappa shape index (κ3) is 13.3. The van der Waals surface area contributed by atoms with Gasteiger partial charge in [0.2, 0.25) is 5.16 Å². The zero-order chi connectivity index (χ0) is 47.4. The molecule has 1 atom stereocenters. The summed E-state index contributed by atoms with van der Waals surface area (Å²) < 4.78 is 123. The van der Waals surface area contributed by atoms with Gasteiger partial charge in [0.05, 0.1) is 53.7 Å². The number of rotatable bonds is 20. The van der Waals surface area contributed by atoms with Crippen LogP contribution in [0.5, 0.6) is 11.5 Å². The van der Waals surface area contributed by atoms with Crippen LogP contribution in [0.15, 0.2) is 93.9 Å². The fourth-order valence-corrected chi connectivity index (χ4v) is 10.4. The number of ether oxygens (including phenoxy) is 3. The SMILES string of the molecule is CO.Cc1c(OCC(F)(F)F)ccnc1CS(=O)c1nc2ccccc2n1S(=O)(=O)c1ccc(OCC(=O)NCCCC(=O)OCCS(=O)(=O)c2cccc([N+](=O)[O-])c2)cc1C(C)C. The van der Waals surface area contributed by atoms with E-state index in [9.17, 15) is 53.9 Å². The molecule has 0 saturated heterocycles. The van der Waals surface area contributed by atoms with Crippen LogP contribution in [0.2, 0.25) is 0 Å². The van der Waals surface area contributed by atoms with Gasteiger partial charge in [-0.2, -0.15) is 13.2 Å². The van der Waals surface area contributed by atoms with Crippen LogP contribution in [0.3, 0.4) is 0 Å². The molecule has 2 aromatic heterocycles. The van der Waals surface area contributed by atoms with Crippen LogP contribution < -0.4 is 14.8 Å². The second-order valence-corrected chi connectivity index (χ2v) is 19.0. The topological polar surface area (TPSA) is 253 Å². The highest BCUT2D eigenvalue weighted by molar-refractivity contribution is 7.91. The summed E-state index contributed by atoms with van der Waals surface area (Å²) in [7, 11) is -9.69. The minimum absolute atomic E-state index is 0.0349. The lowest BCUT2D eigenvalue weighted by Gasteiger charge is -2.18. The number of para-hydroxylation sites is 2. The van der Waals surface area contributed by atoms with Gasteiger partial charge in [-0.1, -0.05) is 32.0 Å². The molecule has 2 heterocycles. The smallest absolute Gasteiger partial charge is 0.422 e. The highest BCUT2D eigenvalue weighted by Crippen LogP contribution is 2.33. The third-order valence-electron chi connectivity index (χ3n) is 8.99. The van der Waals surface area contributed by atoms with Crippen molar-refractivity contribution >= 4 is 59.3 Å². The van der Waals surface area contributed by atoms with Gasteiger partial charge in [-0.3, -0.25) is 28.9 Å². The first-order valence-corrected chi connectivity index (χ1v) is 23.5. The molecule has 0 aliphatic rings. The molecular formula is C40H44F3N5O13S3. The maximum Gasteiger partial charge on any atom is 0.422 e. The van der Waals surface area contributed by atoms with E-state index in [2.05, 4.69) is 15.3 Å². The Morgan fingerprint density at radius 3 is 2.41 bits per heavy atom. The summed E-state index contributed by atoms with van der Waals surface area (Å²) in [5.74, 6) is -2.66. The van der Waals surface area contributed by atoms with Gasteiger partial charge in [0.1, 0.15) is 18.1 Å². The average Bonchev–Trinajstić information content (AvgIpc) is 3.66. The maximum atomic E-state index is 14.5. The van der Waals surface area contributed by atoms with Crippen molar-refractivity contribution in [3.05, 3.63) is 106 Å². The molecule has 0 fully saturated rings. The quantitative estimate of drug-likeness (QED) is 0.0442. The summed E-state index contributed by atoms with van der Waals surface area (Å²) in [6, 6.07) is 16.0. The van der Waals surface area contributed by atoms with E-state index < -0.39 is 96.6 Å². The molecule has 5 aromatic rings. The van der Waals surface area contributed by atoms with Crippen LogP contribution in [-0.2, 0) is 50.7 Å². The number of carbonyl (C=O) groups is 2. The number of sulfone groups is 1. The number of benzene rings is 3. The molecule has 1 unspecified atom stereocenters. The van der Waals surface area contributed by atoms with E-state index >= 15 is 0 Å². The zero-order valence-corrected chi connectivity index (χ0v) is 37.2. The van der Waals surface area contributed by atoms with E-state index in [0.29, 0.717) is 5.56 Å². The number of alkyl halides is 3. The lowest BCUT2D eigenvalue weighted by atomic mass is 10.0. The van der Waals surface area contributed by atoms with Gasteiger partial charge >= 0.3 is 12.1 Å². The van der Waals surface area contributed by atoms with Crippen LogP contribution >= 0.6 is 0 Å². The van der Waals surface area contributed by atoms with Gasteiger partial charge in [-0.25, -0.2) is 25.8 Å². The number of halogens is 3. The number of hydrogen-bond acceptors (Lipinski definition) is 15. The number of fused-ring (bicyclic) bond motifs is 1. The minimum atomic E-state index is -4.60. The predicted molar refractivity (Wildman–Crippen MR) is 225 cm³/mol. The molecule has 5 rings (SSSR count). The molecule has 0 aliphatic heterocycles. The minimum Gasteiger partial charge on any atom is -0.484 e. The van der Waals surface area contributed by atoms with Crippen LogP contribution in [0.25, 0.3) is 11.0 Å². The molecule has 0 aliphatic carbocycles. The number of nitro groups is 1. The van der Waals surface area contributed by atoms with Crippen molar-refractivity contribution in [3.63, 3.8) is 0 Å². The molecule has 0 bridgehead atoms. The Bertz CT molecular complexity index is 2730. The number of carbonyl (C=O) groups excluding carboxylic acids is 2. The second kappa shape index (κ2) is 22.1. The van der Waals surface area contributed by atoms with Crippen molar-refractivity contribution in [1.82, 2.24) is 19.3 Å². The molecule has 346 valence electrons. The van der Waals surface area contributed by atoms with Gasteiger partial charge in [0.15, 0.2) is 23.1 Å². The van der Waals surface area contributed by atoms with Crippen molar-refractivity contribution in [3.8, 4) is 11.5 Å². The van der Waals surface area contributed by atoms with Crippen molar-refractivity contribution < 1.29 is 68.0 Å². The standard InChI is InChI=1S/C39H40F3N5O12S3.CH4O/c1-25(2)30-21-28(58-22-36(48)44-16-7-12-37(49)57-18-19-61(53,54)29-9-6-8-27(20-29)47(50)51)13-14-35(30)62(55,56)46-33-11-5-4-10-31(33)45-38(46)60(52)23-32-26(3)34(15-17-43-32)59-24-39(40,41)42;1-2/h4-6,8-11,13-15,17,20-21,25H,7,12,16,18-19,22-24H2,1-3H3,(H,44,48);2H,1H3. The number of aliphatic hydroxyl groups is 1. The fourth-order valence-electron chi connectivity index (χ4n) is 5.87. The van der Waals surface area contributed by atoms with Gasteiger partial charge in [-0.05, 0) is 67.3 Å². The third-order valence-corrected chi connectivity index (χ3v) is 13.8. The predicted octanol–water partition coefficient (Wildman–Crippen LogP) is 5.16. The Kier molecular flexibility index (Phi) is 17.5. The number of aromatic nitrogens is 3. The number of pyridine rings is 1. The van der Waals surface area contributed by atoms with E-state index in [-0.39, 0.29) is 68.1 Å². The first kappa shape index (κ1) is 50.7. The highest BCUT2D eigenvalue weighted by atomic mass is 32.2. The highest BCUT2D eigenvalue weighted by Gasteiger charge is 2.32. The van der Waals surface area contributed by atoms with Crippen molar-refractivity contribution in [2.45, 2.75) is 66.4 Å².